The van der Waals surface area contributed by atoms with Crippen LogP contribution < -0.4 is 5.32 Å². The highest BCUT2D eigenvalue weighted by atomic mass is 32.1. The first-order chi connectivity index (χ1) is 28.7. The van der Waals surface area contributed by atoms with E-state index in [9.17, 15) is 24.3 Å². The summed E-state index contributed by atoms with van der Waals surface area (Å²) >= 11 is 5.71. The van der Waals surface area contributed by atoms with Crippen LogP contribution in [0.1, 0.15) is 88.5 Å². The van der Waals surface area contributed by atoms with Gasteiger partial charge in [-0.15, -0.1) is 0 Å². The molecule has 0 radical (unpaired) electrons. The lowest BCUT2D eigenvalue weighted by molar-refractivity contribution is -0.278. The summed E-state index contributed by atoms with van der Waals surface area (Å²) in [7, 11) is 0. The Morgan fingerprint density at radius 1 is 0.750 bits per heavy atom. The van der Waals surface area contributed by atoms with Gasteiger partial charge in [0.05, 0.1) is 37.0 Å². The molecule has 2 N–H and O–H groups in total. The minimum Gasteiger partial charge on any atom is -0.463 e. The Kier molecular flexibility index (Phi) is 15.7. The van der Waals surface area contributed by atoms with Gasteiger partial charge in [-0.25, -0.2) is 0 Å². The number of carbonyl (C=O) groups is 4. The molecule has 4 fully saturated rings. The molecule has 0 amide bonds. The molecule has 17 heteroatoms. The number of rotatable bonds is 14. The number of ether oxygens (including phenoxy) is 9. The highest BCUT2D eigenvalue weighted by Crippen LogP contribution is 2.42. The molecule has 0 aromatic heterocycles. The highest BCUT2D eigenvalue weighted by Gasteiger charge is 2.52. The Labute approximate surface area is 355 Å². The topological polar surface area (TPSA) is 187 Å². The van der Waals surface area contributed by atoms with Crippen molar-refractivity contribution >= 4 is 41.1 Å². The maximum absolute atomic E-state index is 12.3. The maximum Gasteiger partial charge on any atom is 0.303 e. The fourth-order valence-electron chi connectivity index (χ4n) is 8.17. The average molecular weight is 857 g/mol. The fraction of sp³-hybridized carbons (Fsp3) is 0.605. The number of nitrogens with one attached hydrogen (secondary N) is 1. The van der Waals surface area contributed by atoms with E-state index in [0.29, 0.717) is 24.7 Å². The lowest BCUT2D eigenvalue weighted by Crippen LogP contribution is -2.62. The molecule has 0 aliphatic carbocycles. The van der Waals surface area contributed by atoms with Crippen LogP contribution >= 0.6 is 12.2 Å². The Balaban J connectivity index is 1.12. The second kappa shape index (κ2) is 20.7. The molecule has 1 spiro atoms. The van der Waals surface area contributed by atoms with Gasteiger partial charge in [0.15, 0.2) is 30.4 Å². The molecule has 1 unspecified atom stereocenters. The summed E-state index contributed by atoms with van der Waals surface area (Å²) in [5, 5.41) is 12.9. The lowest BCUT2D eigenvalue weighted by atomic mass is 9.89. The number of aliphatic hydroxyl groups excluding tert-OH is 1. The standard InChI is InChI=1S/C43H56N2O14S/c1-25-35(22-45-16-14-43(15-17-45)52-18-19-53-43)58-42(59-38(25)32-10-8-31(23-46)9-11-32)33-12-6-30(7-13-33)21-44-37(60)20-34-39(54-27(3)48)41(56-29(5)50)40(55-28(4)49)36(57-34)24-51-26(2)47/h6-13,25,34-36,38-42,46H,14-24H2,1-5H3,(H,44,60)/t25-,34-,35+,36+,38+,39-,40+,41+,42?/m0/s1. The quantitative estimate of drug-likeness (QED) is 0.159. The molecule has 6 rings (SSSR count). The minimum atomic E-state index is -1.27. The number of nitrogens with zero attached hydrogens (tertiary/aromatic N) is 1. The van der Waals surface area contributed by atoms with Crippen LogP contribution in [-0.4, -0.2) is 121 Å². The first-order valence-corrected chi connectivity index (χ1v) is 20.8. The van der Waals surface area contributed by atoms with Gasteiger partial charge < -0.3 is 58.0 Å². The summed E-state index contributed by atoms with van der Waals surface area (Å²) in [5.41, 5.74) is 3.58. The van der Waals surface area contributed by atoms with Crippen molar-refractivity contribution in [1.82, 2.24) is 10.2 Å². The van der Waals surface area contributed by atoms with Crippen molar-refractivity contribution in [3.8, 4) is 0 Å². The van der Waals surface area contributed by atoms with Gasteiger partial charge in [-0.2, -0.15) is 0 Å². The number of likely N-dealkylation sites (tertiary alicyclic amines) is 1. The second-order valence-electron chi connectivity index (χ2n) is 15.7. The third-order valence-electron chi connectivity index (χ3n) is 11.2. The predicted octanol–water partition coefficient (Wildman–Crippen LogP) is 3.74. The smallest absolute Gasteiger partial charge is 0.303 e. The zero-order valence-corrected chi connectivity index (χ0v) is 35.5. The molecule has 60 heavy (non-hydrogen) atoms. The second-order valence-corrected chi connectivity index (χ2v) is 16.2. The van der Waals surface area contributed by atoms with Gasteiger partial charge in [0.1, 0.15) is 18.8 Å². The number of thiocarbonyl (C=S) groups is 1. The van der Waals surface area contributed by atoms with Crippen LogP contribution in [0.2, 0.25) is 0 Å². The maximum atomic E-state index is 12.3. The van der Waals surface area contributed by atoms with E-state index in [2.05, 4.69) is 17.1 Å². The first kappa shape index (κ1) is 45.5. The number of benzene rings is 2. The normalized spacial score (nSPS) is 29.0. The number of piperidine rings is 1. The minimum absolute atomic E-state index is 0.0224. The van der Waals surface area contributed by atoms with Gasteiger partial charge in [-0.3, -0.25) is 19.2 Å². The summed E-state index contributed by atoms with van der Waals surface area (Å²) in [4.78, 5) is 51.0. The van der Waals surface area contributed by atoms with E-state index in [4.69, 9.17) is 54.8 Å². The van der Waals surface area contributed by atoms with Crippen LogP contribution in [0.15, 0.2) is 48.5 Å². The number of esters is 4. The lowest BCUT2D eigenvalue weighted by Gasteiger charge is -2.44. The molecule has 0 bridgehead atoms. The van der Waals surface area contributed by atoms with Gasteiger partial charge in [0.2, 0.25) is 0 Å². The van der Waals surface area contributed by atoms with Crippen LogP contribution in [0.5, 0.6) is 0 Å². The molecule has 4 aliphatic heterocycles. The Morgan fingerprint density at radius 3 is 1.90 bits per heavy atom. The van der Waals surface area contributed by atoms with E-state index in [1.807, 2.05) is 48.5 Å². The summed E-state index contributed by atoms with van der Waals surface area (Å²) in [5.74, 6) is -3.14. The van der Waals surface area contributed by atoms with Crippen LogP contribution in [0.3, 0.4) is 0 Å². The van der Waals surface area contributed by atoms with Crippen LogP contribution in [0.25, 0.3) is 0 Å². The summed E-state index contributed by atoms with van der Waals surface area (Å²) in [6.07, 6.45) is -5.15. The number of hydrogen-bond donors (Lipinski definition) is 2. The van der Waals surface area contributed by atoms with Crippen molar-refractivity contribution < 1.29 is 66.9 Å². The monoisotopic (exact) mass is 856 g/mol. The zero-order valence-electron chi connectivity index (χ0n) is 34.7. The summed E-state index contributed by atoms with van der Waals surface area (Å²) < 4.78 is 53.3. The number of aliphatic hydroxyl groups is 1. The molecule has 328 valence electrons. The fourth-order valence-corrected chi connectivity index (χ4v) is 8.41. The zero-order chi connectivity index (χ0) is 43.0. The first-order valence-electron chi connectivity index (χ1n) is 20.4. The summed E-state index contributed by atoms with van der Waals surface area (Å²) in [6, 6.07) is 15.7. The van der Waals surface area contributed by atoms with Crippen LogP contribution in [-0.2, 0) is 75.0 Å². The number of hydrogen-bond acceptors (Lipinski definition) is 16. The van der Waals surface area contributed by atoms with E-state index in [-0.39, 0.29) is 37.8 Å². The van der Waals surface area contributed by atoms with Crippen molar-refractivity contribution in [2.45, 2.75) is 122 Å². The van der Waals surface area contributed by atoms with E-state index >= 15 is 0 Å². The van der Waals surface area contributed by atoms with Gasteiger partial charge in [0, 0.05) is 84.6 Å². The third-order valence-corrected chi connectivity index (χ3v) is 11.5. The van der Waals surface area contributed by atoms with Gasteiger partial charge in [-0.1, -0.05) is 67.7 Å². The van der Waals surface area contributed by atoms with Gasteiger partial charge >= 0.3 is 23.9 Å². The molecule has 0 saturated carbocycles. The Hall–Kier alpha value is -4.07. The van der Waals surface area contributed by atoms with Crippen LogP contribution in [0, 0.1) is 5.92 Å². The summed E-state index contributed by atoms with van der Waals surface area (Å²) in [6.45, 7) is 10.5. The van der Waals surface area contributed by atoms with E-state index in [1.165, 1.54) is 27.7 Å². The van der Waals surface area contributed by atoms with Crippen molar-refractivity contribution in [2.24, 2.45) is 5.92 Å². The van der Waals surface area contributed by atoms with Crippen molar-refractivity contribution in [1.29, 1.82) is 0 Å². The Bertz CT molecular complexity index is 1800. The molecule has 4 aliphatic rings. The molecule has 2 aromatic rings. The van der Waals surface area contributed by atoms with Crippen molar-refractivity contribution in [3.05, 3.63) is 70.8 Å². The van der Waals surface area contributed by atoms with E-state index in [0.717, 1.165) is 54.7 Å². The molecular formula is C43H56N2O14S. The molecule has 2 aromatic carbocycles. The molecule has 16 nitrogen and oxygen atoms in total. The van der Waals surface area contributed by atoms with Gasteiger partial charge in [-0.05, 0) is 16.7 Å². The van der Waals surface area contributed by atoms with Crippen LogP contribution in [0.4, 0.5) is 0 Å². The van der Waals surface area contributed by atoms with E-state index in [1.54, 1.807) is 0 Å². The molecule has 4 saturated heterocycles. The predicted molar refractivity (Wildman–Crippen MR) is 216 cm³/mol. The third kappa shape index (κ3) is 11.8. The highest BCUT2D eigenvalue weighted by molar-refractivity contribution is 7.80. The number of carbonyl (C=O) groups excluding carboxylic acids is 4. The van der Waals surface area contributed by atoms with Gasteiger partial charge in [0.25, 0.3) is 0 Å². The molecule has 4 heterocycles. The van der Waals surface area contributed by atoms with Crippen molar-refractivity contribution in [2.75, 3.05) is 39.5 Å². The SMILES string of the molecule is CC(=O)OC[C@H]1O[C@@H](CC(=S)NCc2ccc(C3O[C@H](CN4CCC5(CC4)OCCO5)[C@H](C)[C@H](c4ccc(CO)cc4)O3)cc2)[C@H](OC(C)=O)[C@@H](OC(C)=O)[C@@H]1OC(C)=O. The Morgan fingerprint density at radius 2 is 1.32 bits per heavy atom. The van der Waals surface area contributed by atoms with Crippen molar-refractivity contribution in [3.63, 3.8) is 0 Å². The molecule has 9 atom stereocenters. The average Bonchev–Trinajstić information content (AvgIpc) is 3.67. The molecular weight excluding hydrogens is 801 g/mol. The largest absolute Gasteiger partial charge is 0.463 e. The van der Waals surface area contributed by atoms with E-state index < -0.39 is 66.5 Å².